The van der Waals surface area contributed by atoms with Crippen LogP contribution < -0.4 is 9.64 Å². The molecule has 0 atom stereocenters. The van der Waals surface area contributed by atoms with Crippen LogP contribution in [0.15, 0.2) is 36.4 Å². The summed E-state index contributed by atoms with van der Waals surface area (Å²) < 4.78 is 33.0. The van der Waals surface area contributed by atoms with E-state index in [2.05, 4.69) is 0 Å². The predicted octanol–water partition coefficient (Wildman–Crippen LogP) is 3.92. The molecule has 2 aromatic rings. The lowest BCUT2D eigenvalue weighted by molar-refractivity contribution is -0.120. The largest absolute Gasteiger partial charge is 0.484 e. The van der Waals surface area contributed by atoms with Gasteiger partial charge in [-0.1, -0.05) is 6.92 Å². The number of hydrogen-bond acceptors (Lipinski definition) is 3. The molecule has 0 aromatic heterocycles. The van der Waals surface area contributed by atoms with E-state index >= 15 is 0 Å². The number of ketones is 1. The van der Waals surface area contributed by atoms with E-state index in [1.807, 2.05) is 0 Å². The van der Waals surface area contributed by atoms with Gasteiger partial charge in [-0.15, -0.1) is 0 Å². The number of hydrogen-bond donors (Lipinski definition) is 0. The summed E-state index contributed by atoms with van der Waals surface area (Å²) in [5.74, 6) is -1.31. The topological polar surface area (TPSA) is 46.6 Å². The molecular formula is C20H19F2NO3. The number of carbonyl (C=O) groups is 2. The zero-order valence-electron chi connectivity index (χ0n) is 14.4. The van der Waals surface area contributed by atoms with E-state index in [4.69, 9.17) is 4.74 Å². The average molecular weight is 359 g/mol. The van der Waals surface area contributed by atoms with Crippen molar-refractivity contribution >= 4 is 17.4 Å². The maximum absolute atomic E-state index is 14.2. The van der Waals surface area contributed by atoms with Crippen LogP contribution in [-0.4, -0.2) is 24.8 Å². The van der Waals surface area contributed by atoms with Crippen LogP contribution in [0.3, 0.4) is 0 Å². The summed E-state index contributed by atoms with van der Waals surface area (Å²) in [6, 6.07) is 8.58. The molecule has 1 aliphatic heterocycles. The van der Waals surface area contributed by atoms with Crippen LogP contribution in [-0.2, 0) is 11.2 Å². The first-order chi connectivity index (χ1) is 12.5. The van der Waals surface area contributed by atoms with Crippen molar-refractivity contribution < 1.29 is 23.1 Å². The number of aryl methyl sites for hydroxylation is 1. The van der Waals surface area contributed by atoms with Crippen molar-refractivity contribution in [1.29, 1.82) is 0 Å². The standard InChI is InChI=1S/C20H19F2NO3/c1-2-18(24)13-5-7-16(8-6-13)26-12-19(25)23-9-3-4-14-10-15(21)11-17(22)20(14)23/h5-8,10-11H,2-4,9,12H2,1H3. The number of halogens is 2. The maximum Gasteiger partial charge on any atom is 0.265 e. The Balaban J connectivity index is 1.69. The second kappa shape index (κ2) is 7.64. The van der Waals surface area contributed by atoms with Gasteiger partial charge in [0.1, 0.15) is 17.4 Å². The first kappa shape index (κ1) is 18.0. The van der Waals surface area contributed by atoms with Crippen LogP contribution in [0.5, 0.6) is 5.75 Å². The Bertz CT molecular complexity index is 834. The molecule has 3 rings (SSSR count). The molecule has 136 valence electrons. The van der Waals surface area contributed by atoms with Gasteiger partial charge in [-0.25, -0.2) is 8.78 Å². The van der Waals surface area contributed by atoms with Crippen molar-refractivity contribution in [2.75, 3.05) is 18.1 Å². The first-order valence-electron chi connectivity index (χ1n) is 8.54. The van der Waals surface area contributed by atoms with Gasteiger partial charge in [0.05, 0.1) is 5.69 Å². The van der Waals surface area contributed by atoms with Gasteiger partial charge in [-0.05, 0) is 48.7 Å². The number of nitrogens with zero attached hydrogens (tertiary/aromatic N) is 1. The van der Waals surface area contributed by atoms with Gasteiger partial charge in [0.25, 0.3) is 5.91 Å². The molecule has 26 heavy (non-hydrogen) atoms. The molecule has 1 amide bonds. The molecule has 0 saturated heterocycles. The molecule has 0 saturated carbocycles. The van der Waals surface area contributed by atoms with E-state index in [9.17, 15) is 18.4 Å². The summed E-state index contributed by atoms with van der Waals surface area (Å²) in [6.45, 7) is 1.88. The zero-order valence-corrected chi connectivity index (χ0v) is 14.4. The molecule has 0 spiro atoms. The normalized spacial score (nSPS) is 13.3. The number of carbonyl (C=O) groups excluding carboxylic acids is 2. The molecule has 0 N–H and O–H groups in total. The van der Waals surface area contributed by atoms with E-state index in [1.54, 1.807) is 31.2 Å². The van der Waals surface area contributed by atoms with Gasteiger partial charge in [0, 0.05) is 24.6 Å². The SMILES string of the molecule is CCC(=O)c1ccc(OCC(=O)N2CCCc3cc(F)cc(F)c32)cc1. The third-order valence-electron chi connectivity index (χ3n) is 4.37. The molecule has 4 nitrogen and oxygen atoms in total. The van der Waals surface area contributed by atoms with E-state index in [0.717, 1.165) is 6.07 Å². The quantitative estimate of drug-likeness (QED) is 0.761. The fraction of sp³-hybridized carbons (Fsp3) is 0.300. The number of anilines is 1. The molecule has 1 heterocycles. The monoisotopic (exact) mass is 359 g/mol. The van der Waals surface area contributed by atoms with Crippen molar-refractivity contribution in [3.8, 4) is 5.75 Å². The summed E-state index contributed by atoms with van der Waals surface area (Å²) in [5, 5.41) is 0. The van der Waals surface area contributed by atoms with Crippen molar-refractivity contribution in [3.05, 3.63) is 59.2 Å². The van der Waals surface area contributed by atoms with Crippen LogP contribution in [0.2, 0.25) is 0 Å². The van der Waals surface area contributed by atoms with Crippen LogP contribution in [0.1, 0.15) is 35.7 Å². The number of rotatable bonds is 5. The smallest absolute Gasteiger partial charge is 0.265 e. The van der Waals surface area contributed by atoms with Gasteiger partial charge < -0.3 is 9.64 Å². The van der Waals surface area contributed by atoms with Crippen molar-refractivity contribution in [2.24, 2.45) is 0 Å². The lowest BCUT2D eigenvalue weighted by atomic mass is 10.0. The van der Waals surface area contributed by atoms with E-state index in [-0.39, 0.29) is 18.1 Å². The van der Waals surface area contributed by atoms with Gasteiger partial charge in [-0.3, -0.25) is 9.59 Å². The van der Waals surface area contributed by atoms with Crippen molar-refractivity contribution in [2.45, 2.75) is 26.2 Å². The molecule has 1 aliphatic rings. The fourth-order valence-corrected chi connectivity index (χ4v) is 3.07. The van der Waals surface area contributed by atoms with E-state index in [0.29, 0.717) is 42.7 Å². The summed E-state index contributed by atoms with van der Waals surface area (Å²) in [4.78, 5) is 25.4. The Labute approximate surface area is 150 Å². The summed E-state index contributed by atoms with van der Waals surface area (Å²) in [6.07, 6.45) is 1.58. The Morgan fingerprint density at radius 2 is 1.88 bits per heavy atom. The molecule has 0 fully saturated rings. The summed E-state index contributed by atoms with van der Waals surface area (Å²) in [5.41, 5.74) is 1.21. The molecule has 6 heteroatoms. The second-order valence-corrected chi connectivity index (χ2v) is 6.13. The lowest BCUT2D eigenvalue weighted by Gasteiger charge is -2.29. The Kier molecular flexibility index (Phi) is 5.30. The highest BCUT2D eigenvalue weighted by molar-refractivity contribution is 5.96. The van der Waals surface area contributed by atoms with Gasteiger partial charge in [-0.2, -0.15) is 0 Å². The third kappa shape index (κ3) is 3.74. The van der Waals surface area contributed by atoms with Crippen LogP contribution in [0.25, 0.3) is 0 Å². The molecule has 0 bridgehead atoms. The highest BCUT2D eigenvalue weighted by Gasteiger charge is 2.26. The minimum atomic E-state index is -0.740. The third-order valence-corrected chi connectivity index (χ3v) is 4.37. The number of amides is 1. The number of benzene rings is 2. The fourth-order valence-electron chi connectivity index (χ4n) is 3.07. The minimum Gasteiger partial charge on any atom is -0.484 e. The van der Waals surface area contributed by atoms with Gasteiger partial charge >= 0.3 is 0 Å². The zero-order chi connectivity index (χ0) is 18.7. The highest BCUT2D eigenvalue weighted by Crippen LogP contribution is 2.31. The van der Waals surface area contributed by atoms with Gasteiger partial charge in [0.2, 0.25) is 0 Å². The summed E-state index contributed by atoms with van der Waals surface area (Å²) >= 11 is 0. The number of Topliss-reactive ketones (excluding diaryl/α,β-unsaturated/α-hetero) is 1. The van der Waals surface area contributed by atoms with E-state index in [1.165, 1.54) is 11.0 Å². The average Bonchev–Trinajstić information content (AvgIpc) is 2.65. The Morgan fingerprint density at radius 1 is 1.15 bits per heavy atom. The molecule has 2 aromatic carbocycles. The molecular weight excluding hydrogens is 340 g/mol. The van der Waals surface area contributed by atoms with E-state index < -0.39 is 17.5 Å². The second-order valence-electron chi connectivity index (χ2n) is 6.13. The molecule has 0 radical (unpaired) electrons. The first-order valence-corrected chi connectivity index (χ1v) is 8.54. The lowest BCUT2D eigenvalue weighted by Crippen LogP contribution is -2.39. The van der Waals surface area contributed by atoms with Crippen LogP contribution in [0.4, 0.5) is 14.5 Å². The predicted molar refractivity (Wildman–Crippen MR) is 93.6 cm³/mol. The number of ether oxygens (including phenoxy) is 1. The maximum atomic E-state index is 14.2. The van der Waals surface area contributed by atoms with Crippen LogP contribution in [0, 0.1) is 11.6 Å². The molecule has 0 unspecified atom stereocenters. The Morgan fingerprint density at radius 3 is 2.58 bits per heavy atom. The Hall–Kier alpha value is -2.76. The van der Waals surface area contributed by atoms with Gasteiger partial charge in [0.15, 0.2) is 12.4 Å². The highest BCUT2D eigenvalue weighted by atomic mass is 19.1. The summed E-state index contributed by atoms with van der Waals surface area (Å²) in [7, 11) is 0. The molecule has 0 aliphatic carbocycles. The minimum absolute atomic E-state index is 0.0280. The number of fused-ring (bicyclic) bond motifs is 1. The van der Waals surface area contributed by atoms with Crippen molar-refractivity contribution in [3.63, 3.8) is 0 Å². The van der Waals surface area contributed by atoms with Crippen molar-refractivity contribution in [1.82, 2.24) is 0 Å². The van der Waals surface area contributed by atoms with Crippen LogP contribution >= 0.6 is 0 Å².